The average molecular weight is 438 g/mol. The molecule has 0 aliphatic rings. The molecular formula is C21H17ClN3NiO2-. The van der Waals surface area contributed by atoms with Crippen LogP contribution in [0.25, 0.3) is 10.8 Å². The molecule has 0 fully saturated rings. The normalized spacial score (nSPS) is 10.6. The van der Waals surface area contributed by atoms with E-state index in [0.717, 1.165) is 15.5 Å². The van der Waals surface area contributed by atoms with Crippen molar-refractivity contribution in [2.24, 2.45) is 0 Å². The Morgan fingerprint density at radius 2 is 2.00 bits per heavy atom. The van der Waals surface area contributed by atoms with Gasteiger partial charge in [-0.05, 0) is 0 Å². The van der Waals surface area contributed by atoms with Crippen LogP contribution >= 0.6 is 11.6 Å². The van der Waals surface area contributed by atoms with Gasteiger partial charge in [-0.25, -0.2) is 0 Å². The third-order valence-electron chi connectivity index (χ3n) is 4.27. The number of fused-ring (bicyclic) bond motifs is 1. The number of rotatable bonds is 6. The van der Waals surface area contributed by atoms with Crippen molar-refractivity contribution >= 4 is 39.1 Å². The number of carbonyl (C=O) groups excluding carboxylic acids is 1. The van der Waals surface area contributed by atoms with Crippen molar-refractivity contribution in [3.8, 4) is 0 Å². The molecule has 3 aromatic rings. The first-order chi connectivity index (χ1) is 13.4. The van der Waals surface area contributed by atoms with Crippen LogP contribution in [0.15, 0.2) is 66.6 Å². The zero-order valence-corrected chi connectivity index (χ0v) is 16.7. The number of amides is 1. The molecule has 0 aliphatic carbocycles. The summed E-state index contributed by atoms with van der Waals surface area (Å²) in [6.07, 6.45) is 2.94. The Kier molecular flexibility index (Phi) is 6.13. The van der Waals surface area contributed by atoms with Gasteiger partial charge in [0.15, 0.2) is 0 Å². The summed E-state index contributed by atoms with van der Waals surface area (Å²) in [6, 6.07) is 14.4. The van der Waals surface area contributed by atoms with Gasteiger partial charge in [0.1, 0.15) is 0 Å². The van der Waals surface area contributed by atoms with Gasteiger partial charge in [0.25, 0.3) is 0 Å². The second kappa shape index (κ2) is 8.55. The van der Waals surface area contributed by atoms with E-state index in [9.17, 15) is 10.0 Å². The van der Waals surface area contributed by atoms with Crippen molar-refractivity contribution in [1.29, 1.82) is 0 Å². The number of anilines is 1. The van der Waals surface area contributed by atoms with E-state index >= 15 is 0 Å². The Balaban J connectivity index is 2.09. The summed E-state index contributed by atoms with van der Waals surface area (Å²) in [5, 5.41) is 15.5. The summed E-state index contributed by atoms with van der Waals surface area (Å²) in [6.45, 7) is 6.14. The predicted molar refractivity (Wildman–Crippen MR) is 107 cm³/mol. The molecule has 0 bridgehead atoms. The van der Waals surface area contributed by atoms with Crippen LogP contribution < -0.4 is 9.63 Å². The number of hydrogen-bond donors (Lipinski definition) is 0. The molecule has 0 spiro atoms. The van der Waals surface area contributed by atoms with Crippen LogP contribution in [-0.2, 0) is 26.4 Å². The topological polar surface area (TPSA) is 50.5 Å². The van der Waals surface area contributed by atoms with Crippen molar-refractivity contribution < 1.29 is 24.6 Å². The Labute approximate surface area is 175 Å². The maximum atomic E-state index is 13.1. The van der Waals surface area contributed by atoms with Crippen LogP contribution in [-0.4, -0.2) is 23.0 Å². The van der Waals surface area contributed by atoms with Crippen LogP contribution in [0.1, 0.15) is 5.56 Å². The molecule has 2 aromatic carbocycles. The predicted octanol–water partition coefficient (Wildman–Crippen LogP) is 3.21. The number of pyridine rings is 1. The van der Waals surface area contributed by atoms with Crippen molar-refractivity contribution in [2.75, 3.05) is 11.9 Å². The number of hydrogen-bond acceptors (Lipinski definition) is 3. The summed E-state index contributed by atoms with van der Waals surface area (Å²) in [4.78, 5) is 16.0. The Morgan fingerprint density at radius 1 is 1.25 bits per heavy atom. The number of benzene rings is 2. The minimum atomic E-state index is -0.441. The van der Waals surface area contributed by atoms with Crippen molar-refractivity contribution in [1.82, 2.24) is 4.90 Å². The van der Waals surface area contributed by atoms with E-state index in [1.165, 1.54) is 27.3 Å². The van der Waals surface area contributed by atoms with Gasteiger partial charge in [-0.3, -0.25) is 0 Å². The van der Waals surface area contributed by atoms with Gasteiger partial charge in [-0.2, -0.15) is 0 Å². The molecule has 3 rings (SSSR count). The van der Waals surface area contributed by atoms with Crippen molar-refractivity contribution in [3.63, 3.8) is 0 Å². The van der Waals surface area contributed by atoms with Crippen LogP contribution in [0.3, 0.4) is 0 Å². The standard InChI is InChI=1S/C21H17ClN3O2.Ni/c1-15(23(2)3)21(26)25(19-9-6-8-18(22)11-19)14-17-13-24(27)12-16-7-4-5-10-20(16)17;/h1-2,4-13H,14H2,3H3;/q-1;. The number of halogens is 1. The van der Waals surface area contributed by atoms with Gasteiger partial charge >= 0.3 is 176 Å². The second-order valence-electron chi connectivity index (χ2n) is 6.18. The number of likely N-dealkylation sites (N-methyl/N-ethyl adjacent to an activating group) is 1. The quantitative estimate of drug-likeness (QED) is 0.196. The summed E-state index contributed by atoms with van der Waals surface area (Å²) in [5.74, 6) is -0.441. The first-order valence-electron chi connectivity index (χ1n) is 8.34. The molecule has 0 N–H and O–H groups in total. The molecular weight excluding hydrogens is 420 g/mol. The third kappa shape index (κ3) is 4.24. The molecule has 146 valence electrons. The van der Waals surface area contributed by atoms with Crippen LogP contribution in [0, 0.1) is 11.8 Å². The Hall–Kier alpha value is -2.69. The fraction of sp³-hybridized carbons (Fsp3) is 0.0952. The first kappa shape index (κ1) is 20.1. The van der Waals surface area contributed by atoms with E-state index in [4.69, 9.17) is 18.2 Å². The Bertz CT molecular complexity index is 1070. The summed E-state index contributed by atoms with van der Waals surface area (Å²) >= 11 is 10.7. The Morgan fingerprint density at radius 3 is 2.71 bits per heavy atom. The zero-order chi connectivity index (χ0) is 20.3. The van der Waals surface area contributed by atoms with E-state index in [1.807, 2.05) is 24.3 Å². The molecule has 5 nitrogen and oxygen atoms in total. The van der Waals surface area contributed by atoms with Gasteiger partial charge in [-0.15, -0.1) is 0 Å². The fourth-order valence-electron chi connectivity index (χ4n) is 2.85. The molecule has 1 heterocycles. The first-order valence-corrected chi connectivity index (χ1v) is 9.28. The molecule has 28 heavy (non-hydrogen) atoms. The monoisotopic (exact) mass is 436 g/mol. The van der Waals surface area contributed by atoms with Gasteiger partial charge in [-0.1, -0.05) is 0 Å². The molecule has 0 radical (unpaired) electrons. The second-order valence-corrected chi connectivity index (χ2v) is 6.87. The minimum absolute atomic E-state index is 0.0264. The van der Waals surface area contributed by atoms with Crippen molar-refractivity contribution in [3.05, 3.63) is 89.0 Å². The molecule has 0 saturated carbocycles. The number of nitrogens with zero attached hydrogens (tertiary/aromatic N) is 3. The van der Waals surface area contributed by atoms with Crippen molar-refractivity contribution in [2.45, 2.75) is 6.54 Å². The van der Waals surface area contributed by atoms with Crippen LogP contribution in [0.2, 0.25) is 5.02 Å². The van der Waals surface area contributed by atoms with Crippen LogP contribution in [0.4, 0.5) is 5.69 Å². The molecule has 1 aromatic heterocycles. The maximum absolute atomic E-state index is 13.1. The summed E-state index contributed by atoms with van der Waals surface area (Å²) < 4.78 is 0.732. The van der Waals surface area contributed by atoms with Gasteiger partial charge in [0.05, 0.1) is 0 Å². The zero-order valence-electron chi connectivity index (χ0n) is 15.0. The molecule has 1 amide bonds. The van der Waals surface area contributed by atoms with E-state index in [-0.39, 0.29) is 12.2 Å². The molecule has 0 atom stereocenters. The number of carbonyl (C=O) groups is 1. The van der Waals surface area contributed by atoms with E-state index in [1.54, 1.807) is 31.3 Å². The van der Waals surface area contributed by atoms with E-state index in [2.05, 4.69) is 15.0 Å². The molecule has 0 unspecified atom stereocenters. The average Bonchev–Trinajstić information content (AvgIpc) is 2.70. The molecule has 0 aliphatic heterocycles. The third-order valence-corrected chi connectivity index (χ3v) is 4.89. The number of aromatic nitrogens is 1. The van der Waals surface area contributed by atoms with Gasteiger partial charge in [0, 0.05) is 0 Å². The summed E-state index contributed by atoms with van der Waals surface area (Å²) in [7, 11) is 1.61. The van der Waals surface area contributed by atoms with Gasteiger partial charge in [0.2, 0.25) is 0 Å². The van der Waals surface area contributed by atoms with Gasteiger partial charge < -0.3 is 0 Å². The van der Waals surface area contributed by atoms with E-state index < -0.39 is 5.91 Å². The fourth-order valence-corrected chi connectivity index (χ4v) is 3.18. The molecule has 0 saturated heterocycles. The van der Waals surface area contributed by atoms with Crippen LogP contribution in [0.5, 0.6) is 0 Å². The summed E-state index contributed by atoms with van der Waals surface area (Å²) in [5.41, 5.74) is 1.22. The SMILES string of the molecule is [CH-]=C(C(=O)N(Cc1c[n+]([O-])cc2ccccc12)c1cccc(Cl)c1)N(C)[CH]=[Ni]. The van der Waals surface area contributed by atoms with E-state index in [0.29, 0.717) is 16.3 Å². The molecule has 7 heteroatoms.